The van der Waals surface area contributed by atoms with Crippen molar-refractivity contribution in [2.45, 2.75) is 26.7 Å². The van der Waals surface area contributed by atoms with Crippen LogP contribution >= 0.6 is 11.6 Å². The predicted molar refractivity (Wildman–Crippen MR) is 91.7 cm³/mol. The van der Waals surface area contributed by atoms with E-state index in [0.29, 0.717) is 10.8 Å². The lowest BCUT2D eigenvalue weighted by atomic mass is 10.0. The van der Waals surface area contributed by atoms with Gasteiger partial charge in [-0.05, 0) is 37.1 Å². The van der Waals surface area contributed by atoms with Gasteiger partial charge in [-0.25, -0.2) is 4.98 Å². The molecular weight excluding hydrogens is 298 g/mol. The van der Waals surface area contributed by atoms with E-state index in [-0.39, 0.29) is 11.8 Å². The summed E-state index contributed by atoms with van der Waals surface area (Å²) in [7, 11) is 0. The molecule has 0 aliphatic rings. The van der Waals surface area contributed by atoms with Gasteiger partial charge in [0.25, 0.3) is 0 Å². The van der Waals surface area contributed by atoms with Crippen LogP contribution in [0.3, 0.4) is 0 Å². The van der Waals surface area contributed by atoms with Crippen molar-refractivity contribution in [2.24, 2.45) is 5.92 Å². The average Bonchev–Trinajstić information content (AvgIpc) is 2.52. The maximum Gasteiger partial charge on any atom is 0.228 e. The van der Waals surface area contributed by atoms with Crippen molar-refractivity contribution in [3.8, 4) is 0 Å². The molecule has 0 aliphatic carbocycles. The molecule has 0 saturated carbocycles. The van der Waals surface area contributed by atoms with Crippen LogP contribution in [0.4, 0.5) is 17.2 Å². The summed E-state index contributed by atoms with van der Waals surface area (Å²) in [6.45, 7) is 4.02. The molecule has 2 rings (SSSR count). The number of nitrogens with zero attached hydrogens (tertiary/aromatic N) is 1. The Balaban J connectivity index is 2.02. The summed E-state index contributed by atoms with van der Waals surface area (Å²) >= 11 is 6.10. The number of aromatic nitrogens is 1. The first-order valence-corrected chi connectivity index (χ1v) is 7.80. The van der Waals surface area contributed by atoms with Crippen LogP contribution < -0.4 is 10.6 Å². The van der Waals surface area contributed by atoms with Gasteiger partial charge in [0, 0.05) is 5.92 Å². The van der Waals surface area contributed by atoms with Gasteiger partial charge in [0.15, 0.2) is 0 Å². The van der Waals surface area contributed by atoms with Crippen LogP contribution in [-0.2, 0) is 4.79 Å². The highest BCUT2D eigenvalue weighted by Gasteiger charge is 2.14. The smallest absolute Gasteiger partial charge is 0.228 e. The minimum Gasteiger partial charge on any atom is -0.353 e. The molecule has 0 unspecified atom stereocenters. The second-order valence-electron chi connectivity index (χ2n) is 5.04. The number of hydrogen-bond acceptors (Lipinski definition) is 3. The van der Waals surface area contributed by atoms with Gasteiger partial charge < -0.3 is 10.6 Å². The number of halogens is 1. The van der Waals surface area contributed by atoms with Crippen molar-refractivity contribution in [3.05, 3.63) is 47.6 Å². The molecule has 0 saturated heterocycles. The predicted octanol–water partition coefficient (Wildman–Crippen LogP) is 4.85. The summed E-state index contributed by atoms with van der Waals surface area (Å²) in [6, 6.07) is 11.1. The second-order valence-corrected chi connectivity index (χ2v) is 5.45. The van der Waals surface area contributed by atoms with Crippen molar-refractivity contribution in [1.82, 2.24) is 4.98 Å². The Kier molecular flexibility index (Phi) is 5.78. The molecule has 0 atom stereocenters. The minimum atomic E-state index is 0.0179. The Bertz CT molecular complexity index is 624. The fourth-order valence-corrected chi connectivity index (χ4v) is 2.33. The van der Waals surface area contributed by atoms with E-state index < -0.39 is 0 Å². The lowest BCUT2D eigenvalue weighted by molar-refractivity contribution is -0.120. The Hall–Kier alpha value is -2.07. The zero-order valence-corrected chi connectivity index (χ0v) is 13.5. The summed E-state index contributed by atoms with van der Waals surface area (Å²) in [5.41, 5.74) is 1.63. The van der Waals surface area contributed by atoms with Crippen LogP contribution in [0.15, 0.2) is 42.6 Å². The fourth-order valence-electron chi connectivity index (χ4n) is 2.15. The van der Waals surface area contributed by atoms with E-state index >= 15 is 0 Å². The molecule has 22 heavy (non-hydrogen) atoms. The third-order valence-corrected chi connectivity index (χ3v) is 3.85. The highest BCUT2D eigenvalue weighted by molar-refractivity contribution is 6.33. The molecule has 0 bridgehead atoms. The highest BCUT2D eigenvalue weighted by atomic mass is 35.5. The average molecular weight is 318 g/mol. The van der Waals surface area contributed by atoms with E-state index in [0.717, 1.165) is 24.2 Å². The first-order valence-electron chi connectivity index (χ1n) is 7.42. The summed E-state index contributed by atoms with van der Waals surface area (Å²) in [4.78, 5) is 16.3. The second kappa shape index (κ2) is 7.80. The van der Waals surface area contributed by atoms with Crippen LogP contribution in [0.2, 0.25) is 5.02 Å². The standard InChI is InChI=1S/C17H20ClN3O/c1-3-12(4-2)17(22)21-16-10-9-13(11-19-16)20-15-8-6-5-7-14(15)18/h5-12,20H,3-4H2,1-2H3,(H,19,21,22). The van der Waals surface area contributed by atoms with Crippen molar-refractivity contribution in [2.75, 3.05) is 10.6 Å². The molecule has 1 heterocycles. The van der Waals surface area contributed by atoms with E-state index in [2.05, 4.69) is 15.6 Å². The van der Waals surface area contributed by atoms with Crippen molar-refractivity contribution in [3.63, 3.8) is 0 Å². The molecule has 0 radical (unpaired) electrons. The topological polar surface area (TPSA) is 54.0 Å². The third kappa shape index (κ3) is 4.21. The zero-order valence-electron chi connectivity index (χ0n) is 12.8. The fraction of sp³-hybridized carbons (Fsp3) is 0.294. The first kappa shape index (κ1) is 16.3. The van der Waals surface area contributed by atoms with Gasteiger partial charge in [0.1, 0.15) is 5.82 Å². The van der Waals surface area contributed by atoms with E-state index in [1.165, 1.54) is 0 Å². The van der Waals surface area contributed by atoms with Gasteiger partial charge in [0.05, 0.1) is 22.6 Å². The van der Waals surface area contributed by atoms with Crippen molar-refractivity contribution >= 4 is 34.7 Å². The van der Waals surface area contributed by atoms with E-state index in [1.54, 1.807) is 12.3 Å². The molecule has 1 aromatic carbocycles. The van der Waals surface area contributed by atoms with E-state index in [4.69, 9.17) is 11.6 Å². The molecule has 1 amide bonds. The summed E-state index contributed by atoms with van der Waals surface area (Å²) < 4.78 is 0. The number of carbonyl (C=O) groups is 1. The molecule has 2 N–H and O–H groups in total. The van der Waals surface area contributed by atoms with Gasteiger partial charge in [-0.15, -0.1) is 0 Å². The number of hydrogen-bond donors (Lipinski definition) is 2. The molecule has 0 fully saturated rings. The highest BCUT2D eigenvalue weighted by Crippen LogP contribution is 2.24. The summed E-state index contributed by atoms with van der Waals surface area (Å²) in [6.07, 6.45) is 3.33. The maximum absolute atomic E-state index is 12.0. The van der Waals surface area contributed by atoms with Gasteiger partial charge >= 0.3 is 0 Å². The molecule has 0 aliphatic heterocycles. The molecule has 0 spiro atoms. The molecule has 116 valence electrons. The molecule has 5 heteroatoms. The SMILES string of the molecule is CCC(CC)C(=O)Nc1ccc(Nc2ccccc2Cl)cn1. The lowest BCUT2D eigenvalue weighted by Crippen LogP contribution is -2.22. The molecular formula is C17H20ClN3O. The van der Waals surface area contributed by atoms with E-state index in [9.17, 15) is 4.79 Å². The van der Waals surface area contributed by atoms with Crippen LogP contribution in [0.1, 0.15) is 26.7 Å². The number of nitrogens with one attached hydrogen (secondary N) is 2. The molecule has 4 nitrogen and oxygen atoms in total. The Morgan fingerprint density at radius 1 is 1.18 bits per heavy atom. The van der Waals surface area contributed by atoms with Crippen molar-refractivity contribution in [1.29, 1.82) is 0 Å². The van der Waals surface area contributed by atoms with Gasteiger partial charge in [0.2, 0.25) is 5.91 Å². The quantitative estimate of drug-likeness (QED) is 0.800. The number of benzene rings is 1. The number of amides is 1. The van der Waals surface area contributed by atoms with Gasteiger partial charge in [-0.2, -0.15) is 0 Å². The number of carbonyl (C=O) groups excluding carboxylic acids is 1. The Labute approximate surface area is 135 Å². The largest absolute Gasteiger partial charge is 0.353 e. The maximum atomic E-state index is 12.0. The van der Waals surface area contributed by atoms with Crippen molar-refractivity contribution < 1.29 is 4.79 Å². The monoisotopic (exact) mass is 317 g/mol. The summed E-state index contributed by atoms with van der Waals surface area (Å²) in [5.74, 6) is 0.605. The van der Waals surface area contributed by atoms with E-state index in [1.807, 2.05) is 44.2 Å². The van der Waals surface area contributed by atoms with Crippen LogP contribution in [0.25, 0.3) is 0 Å². The van der Waals surface area contributed by atoms with Crippen LogP contribution in [0, 0.1) is 5.92 Å². The Morgan fingerprint density at radius 3 is 2.50 bits per heavy atom. The zero-order chi connectivity index (χ0) is 15.9. The molecule has 2 aromatic rings. The van der Waals surface area contributed by atoms with Gasteiger partial charge in [-0.1, -0.05) is 37.6 Å². The van der Waals surface area contributed by atoms with Gasteiger partial charge in [-0.3, -0.25) is 4.79 Å². The number of para-hydroxylation sites is 1. The summed E-state index contributed by atoms with van der Waals surface area (Å²) in [5, 5.41) is 6.68. The number of rotatable bonds is 6. The lowest BCUT2D eigenvalue weighted by Gasteiger charge is -2.13. The number of anilines is 3. The normalized spacial score (nSPS) is 10.5. The molecule has 1 aromatic heterocycles. The van der Waals surface area contributed by atoms with Crippen LogP contribution in [0.5, 0.6) is 0 Å². The number of pyridine rings is 1. The first-order chi connectivity index (χ1) is 10.6. The Morgan fingerprint density at radius 2 is 1.91 bits per heavy atom. The minimum absolute atomic E-state index is 0.0179. The van der Waals surface area contributed by atoms with Crippen LogP contribution in [-0.4, -0.2) is 10.9 Å². The third-order valence-electron chi connectivity index (χ3n) is 3.52.